The van der Waals surface area contributed by atoms with E-state index in [0.29, 0.717) is 23.7 Å². The molecule has 0 fully saturated rings. The van der Waals surface area contributed by atoms with Crippen molar-refractivity contribution in [3.63, 3.8) is 0 Å². The fourth-order valence-corrected chi connectivity index (χ4v) is 2.24. The zero-order valence-electron chi connectivity index (χ0n) is 11.5. The number of hydrogen-bond donors (Lipinski definition) is 1. The number of hydrogen-bond acceptors (Lipinski definition) is 6. The van der Waals surface area contributed by atoms with Gasteiger partial charge in [-0.05, 0) is 25.4 Å². The van der Waals surface area contributed by atoms with Crippen LogP contribution in [0.3, 0.4) is 0 Å². The largest absolute Gasteiger partial charge is 0.465 e. The van der Waals surface area contributed by atoms with Gasteiger partial charge in [-0.3, -0.25) is 14.5 Å². The lowest BCUT2D eigenvalue weighted by Gasteiger charge is -2.14. The zero-order valence-corrected chi connectivity index (χ0v) is 12.3. The molecule has 0 saturated heterocycles. The molecule has 0 aliphatic carbocycles. The normalized spacial score (nSPS) is 10.1. The first-order valence-electron chi connectivity index (χ1n) is 6.18. The lowest BCUT2D eigenvalue weighted by Crippen LogP contribution is -2.30. The van der Waals surface area contributed by atoms with Gasteiger partial charge in [0.15, 0.2) is 0 Å². The number of likely N-dealkylation sites (N-methyl/N-ethyl adjacent to an activating group) is 1. The summed E-state index contributed by atoms with van der Waals surface area (Å²) in [6, 6.07) is 3.67. The van der Waals surface area contributed by atoms with E-state index in [1.807, 2.05) is 6.07 Å². The Morgan fingerprint density at radius 1 is 1.55 bits per heavy atom. The van der Waals surface area contributed by atoms with E-state index in [2.05, 4.69) is 5.32 Å². The van der Waals surface area contributed by atoms with Crippen molar-refractivity contribution in [1.82, 2.24) is 4.90 Å². The molecule has 0 spiro atoms. The third-order valence-corrected chi connectivity index (χ3v) is 3.29. The Morgan fingerprint density at radius 3 is 2.95 bits per heavy atom. The van der Waals surface area contributed by atoms with Crippen molar-refractivity contribution >= 4 is 28.2 Å². The number of anilines is 1. The maximum absolute atomic E-state index is 11.7. The van der Waals surface area contributed by atoms with Crippen LogP contribution in [-0.2, 0) is 14.3 Å². The second kappa shape index (κ2) is 8.30. The predicted molar refractivity (Wildman–Crippen MR) is 76.4 cm³/mol. The highest BCUT2D eigenvalue weighted by Gasteiger charge is 2.11. The van der Waals surface area contributed by atoms with Gasteiger partial charge in [-0.15, -0.1) is 11.3 Å². The molecule has 0 aliphatic rings. The van der Waals surface area contributed by atoms with Crippen molar-refractivity contribution in [2.75, 3.05) is 32.1 Å². The van der Waals surface area contributed by atoms with E-state index in [-0.39, 0.29) is 24.8 Å². The molecule has 20 heavy (non-hydrogen) atoms. The van der Waals surface area contributed by atoms with E-state index >= 15 is 0 Å². The third-order valence-electron chi connectivity index (χ3n) is 2.46. The molecule has 108 valence electrons. The van der Waals surface area contributed by atoms with Crippen LogP contribution >= 0.6 is 11.3 Å². The number of nitrogens with one attached hydrogen (secondary N) is 1. The van der Waals surface area contributed by atoms with Crippen LogP contribution < -0.4 is 5.32 Å². The van der Waals surface area contributed by atoms with Crippen LogP contribution in [0.4, 0.5) is 5.00 Å². The van der Waals surface area contributed by atoms with E-state index in [9.17, 15) is 9.59 Å². The summed E-state index contributed by atoms with van der Waals surface area (Å²) < 4.78 is 4.82. The summed E-state index contributed by atoms with van der Waals surface area (Å²) in [6.07, 6.45) is 0.249. The molecule has 0 radical (unpaired) electrons. The van der Waals surface area contributed by atoms with Crippen LogP contribution in [0.25, 0.3) is 0 Å². The van der Waals surface area contributed by atoms with Crippen molar-refractivity contribution < 1.29 is 14.3 Å². The highest BCUT2D eigenvalue weighted by molar-refractivity contribution is 7.14. The number of rotatable bonds is 7. The van der Waals surface area contributed by atoms with Gasteiger partial charge in [0.2, 0.25) is 5.91 Å². The van der Waals surface area contributed by atoms with Crippen molar-refractivity contribution in [1.29, 1.82) is 5.26 Å². The van der Waals surface area contributed by atoms with Gasteiger partial charge in [0.05, 0.1) is 18.7 Å². The summed E-state index contributed by atoms with van der Waals surface area (Å²) >= 11 is 1.31. The molecule has 0 aliphatic heterocycles. The molecule has 0 aromatic carbocycles. The SMILES string of the molecule is CCOC(=O)CN(C)CCC(=O)Nc1sccc1C#N. The topological polar surface area (TPSA) is 82.4 Å². The second-order valence-electron chi connectivity index (χ2n) is 4.12. The molecular formula is C13H17N3O3S. The number of amides is 1. The van der Waals surface area contributed by atoms with Gasteiger partial charge >= 0.3 is 5.97 Å². The molecule has 1 rings (SSSR count). The molecule has 1 amide bonds. The van der Waals surface area contributed by atoms with Crippen molar-refractivity contribution in [2.45, 2.75) is 13.3 Å². The fourth-order valence-electron chi connectivity index (χ4n) is 1.48. The lowest BCUT2D eigenvalue weighted by molar-refractivity contribution is -0.144. The summed E-state index contributed by atoms with van der Waals surface area (Å²) in [6.45, 7) is 2.70. The van der Waals surface area contributed by atoms with Crippen LogP contribution in [-0.4, -0.2) is 43.5 Å². The second-order valence-corrected chi connectivity index (χ2v) is 5.03. The van der Waals surface area contributed by atoms with E-state index in [1.54, 1.807) is 30.3 Å². The number of thiophene rings is 1. The standard InChI is InChI=1S/C13H17N3O3S/c1-3-19-12(18)9-16(2)6-4-11(17)15-13-10(8-14)5-7-20-13/h5,7H,3-4,6,9H2,1-2H3,(H,15,17). The maximum atomic E-state index is 11.7. The summed E-state index contributed by atoms with van der Waals surface area (Å²) in [4.78, 5) is 24.7. The molecule has 1 heterocycles. The predicted octanol–water partition coefficient (Wildman–Crippen LogP) is 1.44. The van der Waals surface area contributed by atoms with Crippen LogP contribution in [0.5, 0.6) is 0 Å². The Balaban J connectivity index is 2.33. The van der Waals surface area contributed by atoms with Crippen LogP contribution in [0.2, 0.25) is 0 Å². The first-order valence-corrected chi connectivity index (χ1v) is 7.06. The Hall–Kier alpha value is -1.91. The number of esters is 1. The highest BCUT2D eigenvalue weighted by atomic mass is 32.1. The number of carbonyl (C=O) groups excluding carboxylic acids is 2. The molecule has 7 heteroatoms. The van der Waals surface area contributed by atoms with Gasteiger partial charge in [0.1, 0.15) is 11.1 Å². The molecule has 1 aromatic heterocycles. The van der Waals surface area contributed by atoms with Gasteiger partial charge < -0.3 is 10.1 Å². The van der Waals surface area contributed by atoms with Crippen LogP contribution in [0, 0.1) is 11.3 Å². The minimum absolute atomic E-state index is 0.156. The molecule has 0 atom stereocenters. The molecule has 0 saturated carbocycles. The first-order chi connectivity index (χ1) is 9.56. The van der Waals surface area contributed by atoms with Gasteiger partial charge in [0, 0.05) is 13.0 Å². The summed E-state index contributed by atoms with van der Waals surface area (Å²) in [5.74, 6) is -0.486. The van der Waals surface area contributed by atoms with Crippen LogP contribution in [0.15, 0.2) is 11.4 Å². The average molecular weight is 295 g/mol. The Labute approximate surface area is 121 Å². The van der Waals surface area contributed by atoms with E-state index in [1.165, 1.54) is 11.3 Å². The van der Waals surface area contributed by atoms with Gasteiger partial charge in [-0.1, -0.05) is 0 Å². The van der Waals surface area contributed by atoms with Gasteiger partial charge in [0.25, 0.3) is 0 Å². The average Bonchev–Trinajstić information content (AvgIpc) is 2.83. The highest BCUT2D eigenvalue weighted by Crippen LogP contribution is 2.22. The minimum atomic E-state index is -0.305. The number of carbonyl (C=O) groups is 2. The smallest absolute Gasteiger partial charge is 0.320 e. The molecule has 1 N–H and O–H groups in total. The summed E-state index contributed by atoms with van der Waals surface area (Å²) in [5.41, 5.74) is 0.461. The molecule has 6 nitrogen and oxygen atoms in total. The van der Waals surface area contributed by atoms with Crippen molar-refractivity contribution in [3.05, 3.63) is 17.0 Å². The van der Waals surface area contributed by atoms with Gasteiger partial charge in [-0.25, -0.2) is 0 Å². The minimum Gasteiger partial charge on any atom is -0.465 e. The number of nitrogens with zero attached hydrogens (tertiary/aromatic N) is 2. The number of ether oxygens (including phenoxy) is 1. The van der Waals surface area contributed by atoms with E-state index in [4.69, 9.17) is 10.00 Å². The first kappa shape index (κ1) is 16.1. The Morgan fingerprint density at radius 2 is 2.30 bits per heavy atom. The van der Waals surface area contributed by atoms with Crippen LogP contribution in [0.1, 0.15) is 18.9 Å². The zero-order chi connectivity index (χ0) is 15.0. The lowest BCUT2D eigenvalue weighted by atomic mass is 10.3. The van der Waals surface area contributed by atoms with E-state index < -0.39 is 0 Å². The maximum Gasteiger partial charge on any atom is 0.320 e. The molecule has 1 aromatic rings. The number of nitriles is 1. The van der Waals surface area contributed by atoms with Crippen molar-refractivity contribution in [3.8, 4) is 6.07 Å². The monoisotopic (exact) mass is 295 g/mol. The quantitative estimate of drug-likeness (QED) is 0.770. The Bertz CT molecular complexity index is 507. The van der Waals surface area contributed by atoms with Gasteiger partial charge in [-0.2, -0.15) is 5.26 Å². The summed E-state index contributed by atoms with van der Waals surface area (Å²) in [5, 5.41) is 13.8. The molecular weight excluding hydrogens is 278 g/mol. The third kappa shape index (κ3) is 5.38. The van der Waals surface area contributed by atoms with Crippen molar-refractivity contribution in [2.24, 2.45) is 0 Å². The Kier molecular flexibility index (Phi) is 6.70. The summed E-state index contributed by atoms with van der Waals surface area (Å²) in [7, 11) is 1.75. The molecule has 0 bridgehead atoms. The molecule has 0 unspecified atom stereocenters. The van der Waals surface area contributed by atoms with E-state index in [0.717, 1.165) is 0 Å². The fraction of sp³-hybridized carbons (Fsp3) is 0.462.